The average molecular weight is 614 g/mol. The van der Waals surface area contributed by atoms with Crippen LogP contribution in [-0.2, 0) is 20.7 Å². The molecule has 1 aliphatic carbocycles. The molecule has 0 amide bonds. The lowest BCUT2D eigenvalue weighted by Crippen LogP contribution is -2.10. The number of Topliss-reactive ketones (excluding diaryl/α,β-unsaturated/α-hetero) is 1. The van der Waals surface area contributed by atoms with E-state index in [1.54, 1.807) is 19.4 Å². The molecule has 2 rings (SSSR count). The molecule has 1 aromatic carbocycles. The molecular formula is C37H53F2NO4. The van der Waals surface area contributed by atoms with Gasteiger partial charge in [0.2, 0.25) is 5.90 Å². The molecule has 7 heteroatoms. The molecule has 1 aliphatic rings. The fraction of sp³-hybridized carbons (Fsp3) is 0.568. The van der Waals surface area contributed by atoms with Crippen molar-refractivity contribution in [3.05, 3.63) is 78.2 Å². The minimum Gasteiger partial charge on any atom is -0.493 e. The summed E-state index contributed by atoms with van der Waals surface area (Å²) in [7, 11) is 1.60. The molecule has 0 radical (unpaired) electrons. The molecule has 0 heterocycles. The largest absolute Gasteiger partial charge is 0.493 e. The maximum absolute atomic E-state index is 14.7. The molecule has 244 valence electrons. The van der Waals surface area contributed by atoms with Gasteiger partial charge in [0.05, 0.1) is 25.2 Å². The molecule has 1 aromatic rings. The second-order valence-corrected chi connectivity index (χ2v) is 11.9. The Labute approximate surface area is 264 Å². The Morgan fingerprint density at radius 1 is 1.05 bits per heavy atom. The number of rotatable bonds is 23. The maximum atomic E-state index is 14.7. The fourth-order valence-electron chi connectivity index (χ4n) is 5.65. The second kappa shape index (κ2) is 20.1. The lowest BCUT2D eigenvalue weighted by molar-refractivity contribution is -0.115. The number of aliphatic imine (C=N–C) groups is 1. The molecular weight excluding hydrogens is 560 g/mol. The van der Waals surface area contributed by atoms with Crippen LogP contribution in [0.2, 0.25) is 0 Å². The Bertz CT molecular complexity index is 1150. The number of ketones is 1. The Morgan fingerprint density at radius 3 is 2.39 bits per heavy atom. The van der Waals surface area contributed by atoms with Gasteiger partial charge in [0.1, 0.15) is 17.4 Å². The van der Waals surface area contributed by atoms with Crippen LogP contribution in [0.4, 0.5) is 8.78 Å². The maximum Gasteiger partial charge on any atom is 0.221 e. The molecule has 0 aromatic heterocycles. The van der Waals surface area contributed by atoms with Gasteiger partial charge in [-0.2, -0.15) is 0 Å². The number of nitrogens with zero attached hydrogens (tertiary/aromatic N) is 1. The first kappa shape index (κ1) is 37.1. The highest BCUT2D eigenvalue weighted by atomic mass is 19.1. The van der Waals surface area contributed by atoms with E-state index in [4.69, 9.17) is 14.2 Å². The highest BCUT2D eigenvalue weighted by Crippen LogP contribution is 2.49. The first-order valence-corrected chi connectivity index (χ1v) is 16.2. The van der Waals surface area contributed by atoms with Gasteiger partial charge in [-0.05, 0) is 75.2 Å². The number of hydrogen-bond acceptors (Lipinski definition) is 5. The van der Waals surface area contributed by atoms with Crippen molar-refractivity contribution in [2.75, 3.05) is 20.3 Å². The van der Waals surface area contributed by atoms with Crippen molar-refractivity contribution in [3.8, 4) is 5.75 Å². The fourth-order valence-corrected chi connectivity index (χ4v) is 5.65. The van der Waals surface area contributed by atoms with Gasteiger partial charge in [-0.3, -0.25) is 4.79 Å². The highest BCUT2D eigenvalue weighted by molar-refractivity contribution is 5.96. The molecule has 0 saturated heterocycles. The number of allylic oxidation sites excluding steroid dienone is 2. The molecule has 0 N–H and O–H groups in total. The van der Waals surface area contributed by atoms with Gasteiger partial charge >= 0.3 is 0 Å². The number of unbranched alkanes of at least 4 members (excludes halogenated alkanes) is 2. The summed E-state index contributed by atoms with van der Waals surface area (Å²) < 4.78 is 46.0. The summed E-state index contributed by atoms with van der Waals surface area (Å²) in [6.45, 7) is 18.8. The summed E-state index contributed by atoms with van der Waals surface area (Å²) in [5, 5.41) is 0. The van der Waals surface area contributed by atoms with E-state index in [9.17, 15) is 13.6 Å². The normalized spacial score (nSPS) is 17.0. The van der Waals surface area contributed by atoms with Gasteiger partial charge in [-0.15, -0.1) is 0 Å². The molecule has 0 spiro atoms. The van der Waals surface area contributed by atoms with Crippen molar-refractivity contribution in [1.82, 2.24) is 0 Å². The first-order chi connectivity index (χ1) is 21.1. The van der Waals surface area contributed by atoms with E-state index in [-0.39, 0.29) is 23.5 Å². The average Bonchev–Trinajstić information content (AvgIpc) is 3.76. The quantitative estimate of drug-likeness (QED) is 0.0405. The summed E-state index contributed by atoms with van der Waals surface area (Å²) in [6, 6.07) is 2.37. The standard InChI is InChI=1S/C37H53F2NO4/c1-8-11-12-15-26(4)36(41)24-33-34(38)22-31(23-35(33)39)43-20-18-30-21-32(30)29(14-9-2)17-13-16-27(5)37(44-19-10-3)40-28(6)25-42-7/h10,19,22-23,29-30,32H,4-6,8-9,11-18,20-21,24-25H2,1-3,7H3. The van der Waals surface area contributed by atoms with E-state index < -0.39 is 11.6 Å². The number of benzene rings is 1. The third-order valence-electron chi connectivity index (χ3n) is 8.17. The zero-order chi connectivity index (χ0) is 32.5. The minimum atomic E-state index is -0.754. The van der Waals surface area contributed by atoms with Crippen molar-refractivity contribution in [2.45, 2.75) is 97.8 Å². The molecule has 44 heavy (non-hydrogen) atoms. The Hall–Kier alpha value is -3.06. The van der Waals surface area contributed by atoms with Gasteiger partial charge in [0.25, 0.3) is 0 Å². The SMILES string of the molecule is C=C(COC)N=C(OC=CC)C(=C)CCCC(CCC)C1CC1CCOc1cc(F)c(CC(=O)C(=C)CCCCC)c(F)c1. The highest BCUT2D eigenvalue weighted by Gasteiger charge is 2.41. The van der Waals surface area contributed by atoms with Gasteiger partial charge in [-0.1, -0.05) is 65.3 Å². The van der Waals surface area contributed by atoms with E-state index in [0.29, 0.717) is 54.6 Å². The summed E-state index contributed by atoms with van der Waals surface area (Å²) in [5.74, 6) is 0.597. The Balaban J connectivity index is 1.83. The smallest absolute Gasteiger partial charge is 0.221 e. The Morgan fingerprint density at radius 2 is 1.75 bits per heavy atom. The Kier molecular flexibility index (Phi) is 16.9. The van der Waals surface area contributed by atoms with E-state index >= 15 is 0 Å². The van der Waals surface area contributed by atoms with Crippen LogP contribution < -0.4 is 4.74 Å². The monoisotopic (exact) mass is 613 g/mol. The number of methoxy groups -OCH3 is 1. The molecule has 0 bridgehead atoms. The third-order valence-corrected chi connectivity index (χ3v) is 8.17. The van der Waals surface area contributed by atoms with Crippen molar-refractivity contribution in [1.29, 1.82) is 0 Å². The van der Waals surface area contributed by atoms with Crippen LogP contribution in [0.25, 0.3) is 0 Å². The van der Waals surface area contributed by atoms with Crippen LogP contribution in [-0.4, -0.2) is 32.0 Å². The minimum absolute atomic E-state index is 0.157. The predicted molar refractivity (Wildman–Crippen MR) is 176 cm³/mol. The van der Waals surface area contributed by atoms with Crippen LogP contribution in [0, 0.1) is 29.4 Å². The molecule has 3 unspecified atom stereocenters. The molecule has 0 aliphatic heterocycles. The lowest BCUT2D eigenvalue weighted by Gasteiger charge is -2.17. The van der Waals surface area contributed by atoms with Crippen LogP contribution in [0.3, 0.4) is 0 Å². The molecule has 1 saturated carbocycles. The molecule has 1 fully saturated rings. The van der Waals surface area contributed by atoms with Crippen LogP contribution >= 0.6 is 0 Å². The van der Waals surface area contributed by atoms with Crippen LogP contribution in [0.5, 0.6) is 5.75 Å². The number of ether oxygens (including phenoxy) is 3. The second-order valence-electron chi connectivity index (χ2n) is 11.9. The van der Waals surface area contributed by atoms with E-state index in [1.807, 2.05) is 6.92 Å². The van der Waals surface area contributed by atoms with E-state index in [1.165, 1.54) is 12.1 Å². The van der Waals surface area contributed by atoms with Gasteiger partial charge in [0, 0.05) is 36.8 Å². The number of halogens is 2. The first-order valence-electron chi connectivity index (χ1n) is 16.2. The number of hydrogen-bond donors (Lipinski definition) is 0. The summed E-state index contributed by atoms with van der Waals surface area (Å²) in [4.78, 5) is 16.9. The molecule has 5 nitrogen and oxygen atoms in total. The van der Waals surface area contributed by atoms with Crippen molar-refractivity contribution < 1.29 is 27.8 Å². The van der Waals surface area contributed by atoms with Crippen molar-refractivity contribution in [3.63, 3.8) is 0 Å². The third kappa shape index (κ3) is 12.9. The van der Waals surface area contributed by atoms with Gasteiger partial charge in [0.15, 0.2) is 5.78 Å². The summed E-state index contributed by atoms with van der Waals surface area (Å²) >= 11 is 0. The predicted octanol–water partition coefficient (Wildman–Crippen LogP) is 9.87. The molecule has 3 atom stereocenters. The summed E-state index contributed by atoms with van der Waals surface area (Å²) in [5.41, 5.74) is 1.61. The number of carbonyl (C=O) groups excluding carboxylic acids is 1. The van der Waals surface area contributed by atoms with Crippen LogP contribution in [0.1, 0.15) is 97.0 Å². The van der Waals surface area contributed by atoms with E-state index in [2.05, 4.69) is 38.6 Å². The zero-order valence-electron chi connectivity index (χ0n) is 27.4. The van der Waals surface area contributed by atoms with Crippen LogP contribution in [0.15, 0.2) is 66.0 Å². The topological polar surface area (TPSA) is 57.1 Å². The van der Waals surface area contributed by atoms with Gasteiger partial charge in [-0.25, -0.2) is 13.8 Å². The van der Waals surface area contributed by atoms with E-state index in [0.717, 1.165) is 69.8 Å². The van der Waals surface area contributed by atoms with Crippen molar-refractivity contribution >= 4 is 11.7 Å². The summed E-state index contributed by atoms with van der Waals surface area (Å²) in [6.07, 6.45) is 13.6. The van der Waals surface area contributed by atoms with Crippen molar-refractivity contribution in [2.24, 2.45) is 22.7 Å². The zero-order valence-corrected chi connectivity index (χ0v) is 27.4. The lowest BCUT2D eigenvalue weighted by atomic mass is 9.90. The number of carbonyl (C=O) groups is 1. The van der Waals surface area contributed by atoms with Gasteiger partial charge < -0.3 is 14.2 Å².